The first-order valence-corrected chi connectivity index (χ1v) is 8.39. The van der Waals surface area contributed by atoms with E-state index in [1.165, 1.54) is 6.07 Å². The van der Waals surface area contributed by atoms with Crippen LogP contribution < -0.4 is 0 Å². The van der Waals surface area contributed by atoms with Gasteiger partial charge in [-0.2, -0.15) is 18.4 Å². The van der Waals surface area contributed by atoms with Crippen LogP contribution in [0.1, 0.15) is 42.4 Å². The summed E-state index contributed by atoms with van der Waals surface area (Å²) in [4.78, 5) is 0. The molecule has 0 aliphatic carbocycles. The molecule has 2 nitrogen and oxygen atoms in total. The Labute approximate surface area is 129 Å². The Morgan fingerprint density at radius 2 is 2.05 bits per heavy atom. The molecule has 3 unspecified atom stereocenters. The molecule has 2 aliphatic heterocycles. The summed E-state index contributed by atoms with van der Waals surface area (Å²) in [6.07, 6.45) is 0.505. The number of allylic oxidation sites excluding steroid dienone is 1. The molecule has 2 heterocycles. The van der Waals surface area contributed by atoms with Crippen LogP contribution in [0.5, 0.6) is 0 Å². The zero-order chi connectivity index (χ0) is 15.9. The molecule has 3 atom stereocenters. The quantitative estimate of drug-likeness (QED) is 0.782. The maximum absolute atomic E-state index is 12.9. The van der Waals surface area contributed by atoms with Crippen molar-refractivity contribution in [1.29, 1.82) is 5.26 Å². The molecule has 1 fully saturated rings. The number of nitriles is 1. The molecule has 3 rings (SSSR count). The topological polar surface area (TPSA) is 40.9 Å². The number of hydrogen-bond donors (Lipinski definition) is 0. The molecule has 0 radical (unpaired) electrons. The zero-order valence-electron chi connectivity index (χ0n) is 11.7. The van der Waals surface area contributed by atoms with Gasteiger partial charge in [-0.1, -0.05) is 12.5 Å². The number of nitrogens with zero attached hydrogens (tertiary/aromatic N) is 1. The molecule has 1 saturated heterocycles. The van der Waals surface area contributed by atoms with E-state index in [0.717, 1.165) is 37.0 Å². The highest BCUT2D eigenvalue weighted by Gasteiger charge is 2.35. The molecule has 0 amide bonds. The molecule has 116 valence electrons. The maximum Gasteiger partial charge on any atom is 0.416 e. The minimum atomic E-state index is -4.43. The molecule has 0 N–H and O–H groups in total. The lowest BCUT2D eigenvalue weighted by Gasteiger charge is -2.33. The van der Waals surface area contributed by atoms with Crippen molar-refractivity contribution in [2.24, 2.45) is 0 Å². The normalized spacial score (nSPS) is 27.9. The van der Waals surface area contributed by atoms with Crippen molar-refractivity contribution in [3.05, 3.63) is 41.0 Å². The third kappa shape index (κ3) is 2.70. The van der Waals surface area contributed by atoms with Gasteiger partial charge in [0.2, 0.25) is 0 Å². The average molecular weight is 325 g/mol. The van der Waals surface area contributed by atoms with Crippen LogP contribution in [0.15, 0.2) is 24.3 Å². The van der Waals surface area contributed by atoms with E-state index in [4.69, 9.17) is 0 Å². The first-order valence-electron chi connectivity index (χ1n) is 7.12. The van der Waals surface area contributed by atoms with Crippen LogP contribution in [0.4, 0.5) is 13.2 Å². The van der Waals surface area contributed by atoms with Gasteiger partial charge in [-0.05, 0) is 48.6 Å². The molecule has 6 heteroatoms. The van der Waals surface area contributed by atoms with Gasteiger partial charge in [-0.25, -0.2) is 0 Å². The SMILES string of the molecule is N#Cc1ccc(C(F)(F)F)cc1C1=CC2CCCC(C1)S2=O. The number of hydrogen-bond acceptors (Lipinski definition) is 2. The summed E-state index contributed by atoms with van der Waals surface area (Å²) in [5, 5.41) is 9.09. The van der Waals surface area contributed by atoms with E-state index in [-0.39, 0.29) is 16.1 Å². The van der Waals surface area contributed by atoms with Gasteiger partial charge in [0.25, 0.3) is 0 Å². The summed E-state index contributed by atoms with van der Waals surface area (Å²) in [7, 11) is -0.943. The van der Waals surface area contributed by atoms with E-state index >= 15 is 0 Å². The molecule has 1 aromatic carbocycles. The minimum Gasteiger partial charge on any atom is -0.259 e. The Balaban J connectivity index is 2.08. The van der Waals surface area contributed by atoms with Crippen LogP contribution in [-0.2, 0) is 17.0 Å². The Bertz CT molecular complexity index is 702. The number of rotatable bonds is 1. The number of benzene rings is 1. The molecule has 2 bridgehead atoms. The smallest absolute Gasteiger partial charge is 0.259 e. The van der Waals surface area contributed by atoms with Crippen molar-refractivity contribution in [3.63, 3.8) is 0 Å². The van der Waals surface area contributed by atoms with Gasteiger partial charge >= 0.3 is 6.18 Å². The predicted octanol–water partition coefficient (Wildman–Crippen LogP) is 4.03. The van der Waals surface area contributed by atoms with E-state index in [2.05, 4.69) is 0 Å². The molecule has 2 aliphatic rings. The van der Waals surface area contributed by atoms with Gasteiger partial charge in [-0.3, -0.25) is 4.21 Å². The van der Waals surface area contributed by atoms with Crippen molar-refractivity contribution >= 4 is 16.4 Å². The summed E-state index contributed by atoms with van der Waals surface area (Å²) in [6, 6.07) is 5.17. The Morgan fingerprint density at radius 3 is 2.68 bits per heavy atom. The van der Waals surface area contributed by atoms with E-state index in [9.17, 15) is 22.6 Å². The van der Waals surface area contributed by atoms with Crippen LogP contribution in [-0.4, -0.2) is 14.7 Å². The van der Waals surface area contributed by atoms with Gasteiger partial charge in [-0.15, -0.1) is 0 Å². The molecular formula is C16H14F3NOS. The molecule has 0 aromatic heterocycles. The third-order valence-corrected chi connectivity index (χ3v) is 6.32. The Kier molecular flexibility index (Phi) is 3.85. The van der Waals surface area contributed by atoms with Gasteiger partial charge in [0, 0.05) is 16.0 Å². The van der Waals surface area contributed by atoms with Crippen molar-refractivity contribution in [2.45, 2.75) is 42.4 Å². The fraction of sp³-hybridized carbons (Fsp3) is 0.438. The van der Waals surface area contributed by atoms with Crippen molar-refractivity contribution in [1.82, 2.24) is 0 Å². The third-order valence-electron chi connectivity index (χ3n) is 4.29. The van der Waals surface area contributed by atoms with Crippen LogP contribution in [0.25, 0.3) is 5.57 Å². The second-order valence-electron chi connectivity index (χ2n) is 5.69. The highest BCUT2D eigenvalue weighted by Crippen LogP contribution is 2.39. The number of alkyl halides is 3. The Hall–Kier alpha value is -1.61. The lowest BCUT2D eigenvalue weighted by molar-refractivity contribution is -0.137. The fourth-order valence-electron chi connectivity index (χ4n) is 3.18. The summed E-state index contributed by atoms with van der Waals surface area (Å²) in [6.45, 7) is 0. The predicted molar refractivity (Wildman–Crippen MR) is 78.3 cm³/mol. The van der Waals surface area contributed by atoms with Crippen molar-refractivity contribution < 1.29 is 17.4 Å². The first kappa shape index (κ1) is 15.3. The summed E-state index contributed by atoms with van der Waals surface area (Å²) in [5.41, 5.74) is 0.562. The monoisotopic (exact) mass is 325 g/mol. The van der Waals surface area contributed by atoms with Crippen molar-refractivity contribution in [3.8, 4) is 6.07 Å². The van der Waals surface area contributed by atoms with E-state index in [0.29, 0.717) is 12.0 Å². The second kappa shape index (κ2) is 5.54. The average Bonchev–Trinajstić information content (AvgIpc) is 2.45. The summed E-state index contributed by atoms with van der Waals surface area (Å²) < 4.78 is 50.9. The van der Waals surface area contributed by atoms with Gasteiger partial charge < -0.3 is 0 Å². The second-order valence-corrected chi connectivity index (χ2v) is 7.62. The number of halogens is 3. The molecule has 0 saturated carbocycles. The molecule has 22 heavy (non-hydrogen) atoms. The summed E-state index contributed by atoms with van der Waals surface area (Å²) in [5.74, 6) is 0. The van der Waals surface area contributed by atoms with Gasteiger partial charge in [0.05, 0.1) is 22.4 Å². The fourth-order valence-corrected chi connectivity index (χ4v) is 5.12. The van der Waals surface area contributed by atoms with Crippen LogP contribution in [0, 0.1) is 11.3 Å². The summed E-state index contributed by atoms with van der Waals surface area (Å²) >= 11 is 0. The maximum atomic E-state index is 12.9. The van der Waals surface area contributed by atoms with Crippen molar-refractivity contribution in [2.75, 3.05) is 0 Å². The number of fused-ring (bicyclic) bond motifs is 2. The lowest BCUT2D eigenvalue weighted by atomic mass is 9.90. The highest BCUT2D eigenvalue weighted by atomic mass is 32.2. The standard InChI is InChI=1S/C16H14F3NOS/c17-16(18,19)12-5-4-10(9-20)15(8-12)11-6-13-2-1-3-14(7-11)22(13)21/h4-6,8,13-14H,1-3,7H2. The van der Waals surface area contributed by atoms with Crippen LogP contribution in [0.2, 0.25) is 0 Å². The van der Waals surface area contributed by atoms with E-state index < -0.39 is 22.5 Å². The molecular weight excluding hydrogens is 311 g/mol. The van der Waals surface area contributed by atoms with Gasteiger partial charge in [0.15, 0.2) is 0 Å². The van der Waals surface area contributed by atoms with Gasteiger partial charge in [0.1, 0.15) is 0 Å². The lowest BCUT2D eigenvalue weighted by Crippen LogP contribution is -2.33. The largest absolute Gasteiger partial charge is 0.416 e. The molecule has 1 aromatic rings. The van der Waals surface area contributed by atoms with Crippen LogP contribution >= 0.6 is 0 Å². The molecule has 0 spiro atoms. The van der Waals surface area contributed by atoms with E-state index in [1.54, 1.807) is 0 Å². The first-order chi connectivity index (χ1) is 10.4. The minimum absolute atomic E-state index is 0.000152. The van der Waals surface area contributed by atoms with Crippen LogP contribution in [0.3, 0.4) is 0 Å². The Morgan fingerprint density at radius 1 is 1.27 bits per heavy atom. The zero-order valence-corrected chi connectivity index (χ0v) is 12.5. The highest BCUT2D eigenvalue weighted by molar-refractivity contribution is 7.86. The van der Waals surface area contributed by atoms with E-state index in [1.807, 2.05) is 12.1 Å².